The number of hydrogen-bond acceptors (Lipinski definition) is 5. The van der Waals surface area contributed by atoms with E-state index in [1.807, 2.05) is 42.0 Å². The number of aromatic nitrogens is 2. The molecule has 1 heterocycles. The van der Waals surface area contributed by atoms with E-state index in [1.54, 1.807) is 12.4 Å². The fourth-order valence-corrected chi connectivity index (χ4v) is 1.54. The van der Waals surface area contributed by atoms with Crippen molar-refractivity contribution in [3.63, 3.8) is 0 Å². The number of imidazole rings is 1. The molecule has 1 aromatic heterocycles. The fourth-order valence-electron chi connectivity index (χ4n) is 1.54. The number of aryl methyl sites for hydroxylation is 1. The lowest BCUT2D eigenvalue weighted by atomic mass is 10.3. The van der Waals surface area contributed by atoms with Crippen molar-refractivity contribution in [2.24, 2.45) is 10.8 Å². The standard InChI is InChI=1S/C13H13N7/c1-9-7-20(8-17-9)11-4-2-10(3-5-11)18-19-12(6-14)13(15)16/h2-5,7-8,18H,1H3,(H3,15,16)/b19-12+. The van der Waals surface area contributed by atoms with Crippen LogP contribution in [0, 0.1) is 23.7 Å². The molecule has 20 heavy (non-hydrogen) atoms. The molecule has 1 aromatic carbocycles. The topological polar surface area (TPSA) is 116 Å². The van der Waals surface area contributed by atoms with Gasteiger partial charge in [-0.1, -0.05) is 0 Å². The van der Waals surface area contributed by atoms with Crippen LogP contribution in [0.3, 0.4) is 0 Å². The zero-order chi connectivity index (χ0) is 14.5. The highest BCUT2D eigenvalue weighted by Gasteiger charge is 2.01. The molecule has 4 N–H and O–H groups in total. The van der Waals surface area contributed by atoms with Gasteiger partial charge in [-0.2, -0.15) is 10.4 Å². The van der Waals surface area contributed by atoms with Crippen LogP contribution >= 0.6 is 0 Å². The Morgan fingerprint density at radius 3 is 2.65 bits per heavy atom. The van der Waals surface area contributed by atoms with Crippen molar-refractivity contribution >= 4 is 17.2 Å². The van der Waals surface area contributed by atoms with Crippen molar-refractivity contribution in [2.75, 3.05) is 5.43 Å². The van der Waals surface area contributed by atoms with Gasteiger partial charge in [0.15, 0.2) is 5.84 Å². The zero-order valence-electron chi connectivity index (χ0n) is 10.8. The maximum atomic E-state index is 8.72. The molecular formula is C13H13N7. The predicted molar refractivity (Wildman–Crippen MR) is 76.9 cm³/mol. The summed E-state index contributed by atoms with van der Waals surface area (Å²) in [4.78, 5) is 4.16. The Morgan fingerprint density at radius 2 is 2.15 bits per heavy atom. The number of hydrazone groups is 1. The molecule has 0 saturated heterocycles. The van der Waals surface area contributed by atoms with E-state index in [1.165, 1.54) is 0 Å². The molecule has 0 saturated carbocycles. The van der Waals surface area contributed by atoms with Crippen molar-refractivity contribution in [1.82, 2.24) is 9.55 Å². The van der Waals surface area contributed by atoms with Crippen LogP contribution in [0.4, 0.5) is 5.69 Å². The third-order valence-electron chi connectivity index (χ3n) is 2.53. The lowest BCUT2D eigenvalue weighted by molar-refractivity contribution is 1.06. The number of nitriles is 1. The van der Waals surface area contributed by atoms with E-state index in [2.05, 4.69) is 15.5 Å². The first-order chi connectivity index (χ1) is 9.60. The molecule has 100 valence electrons. The third kappa shape index (κ3) is 3.00. The second kappa shape index (κ2) is 5.67. The van der Waals surface area contributed by atoms with Gasteiger partial charge in [0.05, 0.1) is 17.7 Å². The molecule has 0 aliphatic heterocycles. The lowest BCUT2D eigenvalue weighted by Crippen LogP contribution is -2.21. The Bertz CT molecular complexity index is 688. The molecule has 7 heteroatoms. The Hall–Kier alpha value is -3.14. The van der Waals surface area contributed by atoms with E-state index < -0.39 is 0 Å². The first kappa shape index (κ1) is 13.3. The second-order valence-electron chi connectivity index (χ2n) is 4.07. The minimum atomic E-state index is -0.370. The molecular weight excluding hydrogens is 254 g/mol. The number of anilines is 1. The molecule has 0 bridgehead atoms. The minimum Gasteiger partial charge on any atom is -0.382 e. The average molecular weight is 267 g/mol. The van der Waals surface area contributed by atoms with E-state index in [9.17, 15) is 0 Å². The van der Waals surface area contributed by atoms with Gasteiger partial charge >= 0.3 is 0 Å². The number of nitrogens with zero attached hydrogens (tertiary/aromatic N) is 4. The molecule has 7 nitrogen and oxygen atoms in total. The highest BCUT2D eigenvalue weighted by Crippen LogP contribution is 2.13. The zero-order valence-corrected chi connectivity index (χ0v) is 10.8. The van der Waals surface area contributed by atoms with Gasteiger partial charge in [0.25, 0.3) is 0 Å². The number of nitrogens with two attached hydrogens (primary N) is 1. The van der Waals surface area contributed by atoms with Crippen LogP contribution in [-0.4, -0.2) is 21.1 Å². The number of nitrogens with one attached hydrogen (secondary N) is 2. The molecule has 2 rings (SSSR count). The maximum Gasteiger partial charge on any atom is 0.201 e. The molecule has 0 atom stereocenters. The van der Waals surface area contributed by atoms with Crippen molar-refractivity contribution in [3.8, 4) is 11.8 Å². The monoisotopic (exact) mass is 267 g/mol. The molecule has 0 spiro atoms. The van der Waals surface area contributed by atoms with E-state index in [4.69, 9.17) is 16.4 Å². The number of hydrogen-bond donors (Lipinski definition) is 3. The van der Waals surface area contributed by atoms with Gasteiger partial charge in [0, 0.05) is 11.9 Å². The van der Waals surface area contributed by atoms with Crippen molar-refractivity contribution in [2.45, 2.75) is 6.92 Å². The highest BCUT2D eigenvalue weighted by molar-refractivity contribution is 6.45. The van der Waals surface area contributed by atoms with E-state index >= 15 is 0 Å². The SMILES string of the molecule is Cc1cn(-c2ccc(N/N=C(\C#N)C(=N)N)cc2)cn1. The molecule has 2 aromatic rings. The Kier molecular flexibility index (Phi) is 3.77. The smallest absolute Gasteiger partial charge is 0.201 e. The van der Waals surface area contributed by atoms with Crippen molar-refractivity contribution in [1.29, 1.82) is 10.7 Å². The summed E-state index contributed by atoms with van der Waals surface area (Å²) in [7, 11) is 0. The highest BCUT2D eigenvalue weighted by atomic mass is 15.3. The van der Waals surface area contributed by atoms with Crippen molar-refractivity contribution < 1.29 is 0 Å². The van der Waals surface area contributed by atoms with Gasteiger partial charge in [-0.15, -0.1) is 0 Å². The Balaban J connectivity index is 2.13. The van der Waals surface area contributed by atoms with E-state index in [0.717, 1.165) is 11.4 Å². The summed E-state index contributed by atoms with van der Waals surface area (Å²) in [5.74, 6) is -0.370. The first-order valence-corrected chi connectivity index (χ1v) is 5.79. The van der Waals surface area contributed by atoms with Crippen LogP contribution in [0.1, 0.15) is 5.69 Å². The van der Waals surface area contributed by atoms with Crippen LogP contribution in [0.5, 0.6) is 0 Å². The summed E-state index contributed by atoms with van der Waals surface area (Å²) < 4.78 is 1.90. The summed E-state index contributed by atoms with van der Waals surface area (Å²) >= 11 is 0. The molecule has 0 fully saturated rings. The van der Waals surface area contributed by atoms with Crippen molar-refractivity contribution in [3.05, 3.63) is 42.5 Å². The number of benzene rings is 1. The quantitative estimate of drug-likeness (QED) is 0.441. The van der Waals surface area contributed by atoms with Crippen LogP contribution in [-0.2, 0) is 0 Å². The Morgan fingerprint density at radius 1 is 1.45 bits per heavy atom. The second-order valence-corrected chi connectivity index (χ2v) is 4.07. The van der Waals surface area contributed by atoms with Crippen LogP contribution in [0.2, 0.25) is 0 Å². The number of amidine groups is 1. The first-order valence-electron chi connectivity index (χ1n) is 5.79. The molecule has 0 amide bonds. The van der Waals surface area contributed by atoms with Gasteiger partial charge in [0.1, 0.15) is 6.07 Å². The van der Waals surface area contributed by atoms with Gasteiger partial charge in [-0.3, -0.25) is 10.8 Å². The summed E-state index contributed by atoms with van der Waals surface area (Å²) in [6, 6.07) is 9.13. The molecule has 0 unspecified atom stereocenters. The summed E-state index contributed by atoms with van der Waals surface area (Å²) in [6.45, 7) is 1.92. The van der Waals surface area contributed by atoms with Gasteiger partial charge in [-0.25, -0.2) is 4.98 Å². The molecule has 0 radical (unpaired) electrons. The predicted octanol–water partition coefficient (Wildman–Crippen LogP) is 1.41. The number of rotatable bonds is 4. The molecule has 0 aliphatic rings. The van der Waals surface area contributed by atoms with Crippen LogP contribution in [0.25, 0.3) is 5.69 Å². The van der Waals surface area contributed by atoms with Crippen LogP contribution in [0.15, 0.2) is 41.9 Å². The van der Waals surface area contributed by atoms with Gasteiger partial charge in [-0.05, 0) is 31.2 Å². The van der Waals surface area contributed by atoms with Gasteiger partial charge in [0.2, 0.25) is 5.71 Å². The average Bonchev–Trinajstić information content (AvgIpc) is 2.86. The normalized spacial score (nSPS) is 10.9. The largest absolute Gasteiger partial charge is 0.382 e. The van der Waals surface area contributed by atoms with Gasteiger partial charge < -0.3 is 10.3 Å². The summed E-state index contributed by atoms with van der Waals surface area (Å²) in [6.07, 6.45) is 3.66. The lowest BCUT2D eigenvalue weighted by Gasteiger charge is -2.04. The summed E-state index contributed by atoms with van der Waals surface area (Å²) in [5.41, 5.74) is 10.3. The third-order valence-corrected chi connectivity index (χ3v) is 2.53. The van der Waals surface area contributed by atoms with E-state index in [-0.39, 0.29) is 11.5 Å². The minimum absolute atomic E-state index is 0.153. The fraction of sp³-hybridized carbons (Fsp3) is 0.0769. The Labute approximate surface area is 115 Å². The van der Waals surface area contributed by atoms with E-state index in [0.29, 0.717) is 5.69 Å². The maximum absolute atomic E-state index is 8.72. The summed E-state index contributed by atoms with van der Waals surface area (Å²) in [5, 5.41) is 19.6. The van der Waals surface area contributed by atoms with Crippen LogP contribution < -0.4 is 11.2 Å². The molecule has 0 aliphatic carbocycles.